The quantitative estimate of drug-likeness (QED) is 0.578. The maximum Gasteiger partial charge on any atom is 0.267 e. The Kier molecular flexibility index (Phi) is 5.98. The lowest BCUT2D eigenvalue weighted by Gasteiger charge is -2.29. The molecule has 1 amide bonds. The van der Waals surface area contributed by atoms with Crippen molar-refractivity contribution < 1.29 is 14.3 Å². The molecule has 25 heavy (non-hydrogen) atoms. The van der Waals surface area contributed by atoms with Crippen LogP contribution in [0.15, 0.2) is 23.1 Å². The van der Waals surface area contributed by atoms with Gasteiger partial charge in [-0.15, -0.1) is 0 Å². The van der Waals surface area contributed by atoms with Gasteiger partial charge in [-0.1, -0.05) is 30.4 Å². The fourth-order valence-electron chi connectivity index (χ4n) is 3.02. The first kappa shape index (κ1) is 18.2. The van der Waals surface area contributed by atoms with Crippen molar-refractivity contribution in [3.05, 3.63) is 28.7 Å². The molecular formula is C18H22N2O3S2. The lowest BCUT2D eigenvalue weighted by molar-refractivity contribution is -0.123. The van der Waals surface area contributed by atoms with Crippen molar-refractivity contribution in [2.24, 2.45) is 0 Å². The maximum atomic E-state index is 12.8. The summed E-state index contributed by atoms with van der Waals surface area (Å²) in [6.45, 7) is 2.64. The molecule has 0 bridgehead atoms. The van der Waals surface area contributed by atoms with E-state index in [0.717, 1.165) is 24.4 Å². The molecule has 1 aromatic rings. The largest absolute Gasteiger partial charge is 0.497 e. The highest BCUT2D eigenvalue weighted by Crippen LogP contribution is 2.35. The summed E-state index contributed by atoms with van der Waals surface area (Å²) in [5, 5.41) is 0. The fourth-order valence-corrected chi connectivity index (χ4v) is 4.25. The molecule has 5 nitrogen and oxygen atoms in total. The fraction of sp³-hybridized carbons (Fsp3) is 0.444. The molecule has 3 rings (SSSR count). The van der Waals surface area contributed by atoms with E-state index in [1.165, 1.54) is 31.0 Å². The molecule has 0 saturated carbocycles. The number of carbonyl (C=O) groups is 1. The van der Waals surface area contributed by atoms with E-state index in [1.807, 2.05) is 24.3 Å². The number of carbonyl (C=O) groups excluding carboxylic acids is 1. The van der Waals surface area contributed by atoms with Crippen LogP contribution in [0.4, 0.5) is 0 Å². The van der Waals surface area contributed by atoms with E-state index >= 15 is 0 Å². The van der Waals surface area contributed by atoms with Gasteiger partial charge in [0.15, 0.2) is 0 Å². The SMILES string of the molecule is COc1ccc(OC)c(/C=C2/SC(=S)N(CN3CCCCC3)C2=O)c1. The van der Waals surface area contributed by atoms with E-state index in [2.05, 4.69) is 4.90 Å². The molecule has 0 spiro atoms. The number of thiocarbonyl (C=S) groups is 1. The molecule has 0 aliphatic carbocycles. The van der Waals surface area contributed by atoms with Gasteiger partial charge in [-0.3, -0.25) is 14.6 Å². The number of ether oxygens (including phenoxy) is 2. The first-order valence-electron chi connectivity index (χ1n) is 8.32. The van der Waals surface area contributed by atoms with Crippen LogP contribution >= 0.6 is 24.0 Å². The second-order valence-electron chi connectivity index (χ2n) is 6.04. The van der Waals surface area contributed by atoms with Crippen LogP contribution in [0.3, 0.4) is 0 Å². The topological polar surface area (TPSA) is 42.0 Å². The van der Waals surface area contributed by atoms with Crippen LogP contribution in [0.2, 0.25) is 0 Å². The van der Waals surface area contributed by atoms with Crippen LogP contribution < -0.4 is 9.47 Å². The maximum absolute atomic E-state index is 12.8. The molecule has 0 N–H and O–H groups in total. The number of nitrogens with zero attached hydrogens (tertiary/aromatic N) is 2. The number of thioether (sulfide) groups is 1. The highest BCUT2D eigenvalue weighted by atomic mass is 32.2. The summed E-state index contributed by atoms with van der Waals surface area (Å²) < 4.78 is 11.3. The number of rotatable bonds is 5. The van der Waals surface area contributed by atoms with Crippen LogP contribution in [0.25, 0.3) is 6.08 Å². The summed E-state index contributed by atoms with van der Waals surface area (Å²) in [6, 6.07) is 5.52. The van der Waals surface area contributed by atoms with Crippen LogP contribution in [0.5, 0.6) is 11.5 Å². The normalized spacial score (nSPS) is 20.4. The Morgan fingerprint density at radius 1 is 1.20 bits per heavy atom. The smallest absolute Gasteiger partial charge is 0.267 e. The highest BCUT2D eigenvalue weighted by molar-refractivity contribution is 8.26. The molecule has 7 heteroatoms. The van der Waals surface area contributed by atoms with Gasteiger partial charge in [-0.25, -0.2) is 0 Å². The van der Waals surface area contributed by atoms with E-state index in [4.69, 9.17) is 21.7 Å². The van der Waals surface area contributed by atoms with Gasteiger partial charge in [0.25, 0.3) is 5.91 Å². The van der Waals surface area contributed by atoms with E-state index in [1.54, 1.807) is 19.1 Å². The van der Waals surface area contributed by atoms with Crippen molar-refractivity contribution in [1.29, 1.82) is 0 Å². The summed E-state index contributed by atoms with van der Waals surface area (Å²) >= 11 is 6.78. The predicted octanol–water partition coefficient (Wildman–Crippen LogP) is 3.35. The van der Waals surface area contributed by atoms with Gasteiger partial charge in [0.1, 0.15) is 15.8 Å². The van der Waals surface area contributed by atoms with Crippen molar-refractivity contribution in [2.45, 2.75) is 19.3 Å². The van der Waals surface area contributed by atoms with Gasteiger partial charge in [0.2, 0.25) is 0 Å². The predicted molar refractivity (Wildman–Crippen MR) is 105 cm³/mol. The number of benzene rings is 1. The Bertz CT molecular complexity index is 700. The minimum atomic E-state index is -0.0366. The summed E-state index contributed by atoms with van der Waals surface area (Å²) in [4.78, 5) is 17.4. The number of methoxy groups -OCH3 is 2. The molecule has 1 aromatic carbocycles. The molecule has 2 saturated heterocycles. The summed E-state index contributed by atoms with van der Waals surface area (Å²) in [5.74, 6) is 1.38. The van der Waals surface area contributed by atoms with Crippen molar-refractivity contribution in [2.75, 3.05) is 34.0 Å². The lowest BCUT2D eigenvalue weighted by atomic mass is 10.1. The van der Waals surface area contributed by atoms with Crippen LogP contribution in [-0.2, 0) is 4.79 Å². The van der Waals surface area contributed by atoms with Gasteiger partial charge in [0.05, 0.1) is 25.8 Å². The summed E-state index contributed by atoms with van der Waals surface area (Å²) in [5.41, 5.74) is 0.806. The molecule has 0 aromatic heterocycles. The second kappa shape index (κ2) is 8.21. The third kappa shape index (κ3) is 4.16. The molecule has 2 heterocycles. The molecule has 0 unspecified atom stereocenters. The van der Waals surface area contributed by atoms with Crippen LogP contribution in [-0.4, -0.2) is 54.0 Å². The average Bonchev–Trinajstić information content (AvgIpc) is 2.90. The minimum Gasteiger partial charge on any atom is -0.497 e. The van der Waals surface area contributed by atoms with E-state index in [0.29, 0.717) is 21.6 Å². The second-order valence-corrected chi connectivity index (χ2v) is 7.71. The molecule has 2 aliphatic rings. The number of hydrogen-bond donors (Lipinski definition) is 0. The molecule has 134 valence electrons. The Morgan fingerprint density at radius 2 is 1.96 bits per heavy atom. The molecule has 2 fully saturated rings. The van der Waals surface area contributed by atoms with Crippen LogP contribution in [0, 0.1) is 0 Å². The van der Waals surface area contributed by atoms with E-state index in [-0.39, 0.29) is 5.91 Å². The number of likely N-dealkylation sites (tertiary alicyclic amines) is 1. The molecule has 2 aliphatic heterocycles. The van der Waals surface area contributed by atoms with Gasteiger partial charge in [0, 0.05) is 5.56 Å². The van der Waals surface area contributed by atoms with Gasteiger partial charge < -0.3 is 9.47 Å². The third-order valence-electron chi connectivity index (χ3n) is 4.39. The summed E-state index contributed by atoms with van der Waals surface area (Å²) in [7, 11) is 3.23. The molecular weight excluding hydrogens is 356 g/mol. The lowest BCUT2D eigenvalue weighted by Crippen LogP contribution is -2.42. The van der Waals surface area contributed by atoms with Crippen molar-refractivity contribution in [3.63, 3.8) is 0 Å². The Balaban J connectivity index is 1.80. The summed E-state index contributed by atoms with van der Waals surface area (Å²) in [6.07, 6.45) is 5.47. The zero-order valence-corrected chi connectivity index (χ0v) is 16.1. The number of piperidine rings is 1. The van der Waals surface area contributed by atoms with Gasteiger partial charge in [-0.05, 0) is 50.2 Å². The molecule has 0 radical (unpaired) electrons. The molecule has 0 atom stereocenters. The zero-order chi connectivity index (χ0) is 17.8. The zero-order valence-electron chi connectivity index (χ0n) is 14.5. The Hall–Kier alpha value is -1.57. The Labute approximate surface area is 157 Å². The third-order valence-corrected chi connectivity index (χ3v) is 5.76. The van der Waals surface area contributed by atoms with Crippen molar-refractivity contribution >= 4 is 40.3 Å². The van der Waals surface area contributed by atoms with E-state index < -0.39 is 0 Å². The van der Waals surface area contributed by atoms with Crippen molar-refractivity contribution in [1.82, 2.24) is 9.80 Å². The van der Waals surface area contributed by atoms with Crippen LogP contribution in [0.1, 0.15) is 24.8 Å². The van der Waals surface area contributed by atoms with Gasteiger partial charge in [-0.2, -0.15) is 0 Å². The standard InChI is InChI=1S/C18H22N2O3S2/c1-22-14-6-7-15(23-2)13(10-14)11-16-17(21)20(18(24)25-16)12-19-8-4-3-5-9-19/h6-7,10-11H,3-5,8-9,12H2,1-2H3/b16-11+. The number of hydrogen-bond acceptors (Lipinski definition) is 6. The highest BCUT2D eigenvalue weighted by Gasteiger charge is 2.33. The van der Waals surface area contributed by atoms with Crippen molar-refractivity contribution in [3.8, 4) is 11.5 Å². The first-order valence-corrected chi connectivity index (χ1v) is 9.54. The average molecular weight is 379 g/mol. The minimum absolute atomic E-state index is 0.0366. The Morgan fingerprint density at radius 3 is 2.64 bits per heavy atom. The first-order chi connectivity index (χ1) is 12.1. The monoisotopic (exact) mass is 378 g/mol. The van der Waals surface area contributed by atoms with Gasteiger partial charge >= 0.3 is 0 Å². The van der Waals surface area contributed by atoms with E-state index in [9.17, 15) is 4.79 Å². The number of amides is 1.